The van der Waals surface area contributed by atoms with Crippen LogP contribution in [-0.2, 0) is 0 Å². The number of ether oxygens (including phenoxy) is 1. The number of aromatic nitrogens is 3. The van der Waals surface area contributed by atoms with Crippen molar-refractivity contribution in [2.45, 2.75) is 0 Å². The van der Waals surface area contributed by atoms with Crippen LogP contribution in [0.3, 0.4) is 0 Å². The minimum absolute atomic E-state index is 0.715. The zero-order valence-electron chi connectivity index (χ0n) is 7.51. The van der Waals surface area contributed by atoms with E-state index in [0.29, 0.717) is 5.75 Å². The van der Waals surface area contributed by atoms with Crippen molar-refractivity contribution in [3.05, 3.63) is 35.2 Å². The first-order valence-corrected chi connectivity index (χ1v) is 4.80. The van der Waals surface area contributed by atoms with Crippen LogP contribution >= 0.6 is 15.9 Å². The van der Waals surface area contributed by atoms with Gasteiger partial charge in [-0.05, 0) is 28.1 Å². The van der Waals surface area contributed by atoms with Gasteiger partial charge in [-0.1, -0.05) is 6.07 Å². The highest BCUT2D eigenvalue weighted by atomic mass is 79.9. The van der Waals surface area contributed by atoms with Gasteiger partial charge in [0.25, 0.3) is 0 Å². The van der Waals surface area contributed by atoms with Crippen LogP contribution in [0, 0.1) is 0 Å². The molecule has 0 N–H and O–H groups in total. The summed E-state index contributed by atoms with van der Waals surface area (Å²) in [5.74, 6) is 1.47. The van der Waals surface area contributed by atoms with E-state index in [-0.39, 0.29) is 0 Å². The normalized spacial score (nSPS) is 10.1. The SMILES string of the molecule is COc1cnn(-c2cccc(Br)n2)c1. The van der Waals surface area contributed by atoms with Gasteiger partial charge in [-0.25, -0.2) is 9.67 Å². The quantitative estimate of drug-likeness (QED) is 0.770. The zero-order valence-corrected chi connectivity index (χ0v) is 9.10. The van der Waals surface area contributed by atoms with Gasteiger partial charge in [0.15, 0.2) is 11.6 Å². The maximum atomic E-state index is 5.02. The van der Waals surface area contributed by atoms with Crippen LogP contribution in [0.4, 0.5) is 0 Å². The molecule has 0 spiro atoms. The molecule has 14 heavy (non-hydrogen) atoms. The minimum Gasteiger partial charge on any atom is -0.493 e. The third-order valence-electron chi connectivity index (χ3n) is 1.73. The molecular formula is C9H8BrN3O. The Labute approximate surface area is 89.7 Å². The molecule has 4 nitrogen and oxygen atoms in total. The van der Waals surface area contributed by atoms with Crippen LogP contribution in [-0.4, -0.2) is 21.9 Å². The van der Waals surface area contributed by atoms with Crippen molar-refractivity contribution in [1.29, 1.82) is 0 Å². The van der Waals surface area contributed by atoms with Crippen LogP contribution in [0.2, 0.25) is 0 Å². The summed E-state index contributed by atoms with van der Waals surface area (Å²) in [4.78, 5) is 4.25. The summed E-state index contributed by atoms with van der Waals surface area (Å²) in [7, 11) is 1.61. The van der Waals surface area contributed by atoms with Gasteiger partial charge in [-0.2, -0.15) is 5.10 Å². The Hall–Kier alpha value is -1.36. The lowest BCUT2D eigenvalue weighted by molar-refractivity contribution is 0.414. The van der Waals surface area contributed by atoms with Gasteiger partial charge in [-0.3, -0.25) is 0 Å². The molecule has 0 fully saturated rings. The predicted molar refractivity (Wildman–Crippen MR) is 55.6 cm³/mol. The summed E-state index contributed by atoms with van der Waals surface area (Å²) in [6, 6.07) is 5.64. The molecule has 0 saturated carbocycles. The third-order valence-corrected chi connectivity index (χ3v) is 2.17. The average Bonchev–Trinajstić information content (AvgIpc) is 2.66. The Balaban J connectivity index is 2.39. The number of nitrogens with zero attached hydrogens (tertiary/aromatic N) is 3. The summed E-state index contributed by atoms with van der Waals surface area (Å²) < 4.78 is 7.46. The minimum atomic E-state index is 0.715. The fourth-order valence-corrected chi connectivity index (χ4v) is 1.40. The molecule has 0 aromatic carbocycles. The van der Waals surface area contributed by atoms with Gasteiger partial charge in [-0.15, -0.1) is 0 Å². The third kappa shape index (κ3) is 1.77. The molecule has 72 valence electrons. The Kier molecular flexibility index (Phi) is 2.49. The van der Waals surface area contributed by atoms with Gasteiger partial charge in [0.2, 0.25) is 0 Å². The van der Waals surface area contributed by atoms with E-state index in [1.165, 1.54) is 0 Å². The number of halogens is 1. The van der Waals surface area contributed by atoms with Crippen molar-refractivity contribution < 1.29 is 4.74 Å². The van der Waals surface area contributed by atoms with E-state index in [4.69, 9.17) is 4.74 Å². The molecule has 2 aromatic rings. The molecule has 0 atom stereocenters. The van der Waals surface area contributed by atoms with Crippen molar-refractivity contribution in [3.8, 4) is 11.6 Å². The Morgan fingerprint density at radius 3 is 2.93 bits per heavy atom. The van der Waals surface area contributed by atoms with E-state index < -0.39 is 0 Å². The molecule has 0 saturated heterocycles. The van der Waals surface area contributed by atoms with E-state index in [0.717, 1.165) is 10.4 Å². The van der Waals surface area contributed by atoms with Crippen LogP contribution < -0.4 is 4.74 Å². The van der Waals surface area contributed by atoms with Gasteiger partial charge in [0.1, 0.15) is 4.60 Å². The maximum absolute atomic E-state index is 5.02. The monoisotopic (exact) mass is 253 g/mol. The fraction of sp³-hybridized carbons (Fsp3) is 0.111. The van der Waals surface area contributed by atoms with Gasteiger partial charge in [0.05, 0.1) is 19.5 Å². The number of methoxy groups -OCH3 is 1. The zero-order chi connectivity index (χ0) is 9.97. The number of pyridine rings is 1. The van der Waals surface area contributed by atoms with Gasteiger partial charge >= 0.3 is 0 Å². The van der Waals surface area contributed by atoms with E-state index >= 15 is 0 Å². The average molecular weight is 254 g/mol. The van der Waals surface area contributed by atoms with E-state index in [1.807, 2.05) is 18.2 Å². The van der Waals surface area contributed by atoms with Gasteiger partial charge in [0, 0.05) is 0 Å². The fourth-order valence-electron chi connectivity index (χ4n) is 1.06. The number of rotatable bonds is 2. The van der Waals surface area contributed by atoms with Crippen LogP contribution in [0.25, 0.3) is 5.82 Å². The van der Waals surface area contributed by atoms with Crippen molar-refractivity contribution in [1.82, 2.24) is 14.8 Å². The molecule has 0 aliphatic heterocycles. The number of hydrogen-bond acceptors (Lipinski definition) is 3. The molecule has 0 aliphatic carbocycles. The van der Waals surface area contributed by atoms with Crippen molar-refractivity contribution in [2.24, 2.45) is 0 Å². The highest BCUT2D eigenvalue weighted by Gasteiger charge is 2.01. The lowest BCUT2D eigenvalue weighted by Crippen LogP contribution is -1.97. The molecular weight excluding hydrogens is 246 g/mol. The predicted octanol–water partition coefficient (Wildman–Crippen LogP) is 2.04. The molecule has 5 heteroatoms. The standard InChI is InChI=1S/C9H8BrN3O/c1-14-7-5-11-13(6-7)9-4-2-3-8(10)12-9/h2-6H,1H3. The molecule has 2 heterocycles. The summed E-state index contributed by atoms with van der Waals surface area (Å²) in [6.45, 7) is 0. The van der Waals surface area contributed by atoms with Crippen molar-refractivity contribution in [2.75, 3.05) is 7.11 Å². The molecule has 0 radical (unpaired) electrons. The maximum Gasteiger partial charge on any atom is 0.157 e. The lowest BCUT2D eigenvalue weighted by atomic mass is 10.5. The summed E-state index contributed by atoms with van der Waals surface area (Å²) in [6.07, 6.45) is 3.41. The van der Waals surface area contributed by atoms with Gasteiger partial charge < -0.3 is 4.74 Å². The first-order chi connectivity index (χ1) is 6.79. The summed E-state index contributed by atoms with van der Waals surface area (Å²) in [5.41, 5.74) is 0. The second kappa shape index (κ2) is 3.79. The first-order valence-electron chi connectivity index (χ1n) is 4.01. The molecule has 2 rings (SSSR count). The second-order valence-electron chi connectivity index (χ2n) is 2.64. The molecule has 0 bridgehead atoms. The Morgan fingerprint density at radius 2 is 2.29 bits per heavy atom. The topological polar surface area (TPSA) is 39.9 Å². The van der Waals surface area contributed by atoms with E-state index in [1.54, 1.807) is 24.2 Å². The Bertz CT molecular complexity index is 441. The van der Waals surface area contributed by atoms with Crippen molar-refractivity contribution in [3.63, 3.8) is 0 Å². The summed E-state index contributed by atoms with van der Waals surface area (Å²) >= 11 is 3.30. The molecule has 0 unspecified atom stereocenters. The highest BCUT2D eigenvalue weighted by Crippen LogP contribution is 2.13. The van der Waals surface area contributed by atoms with Crippen LogP contribution in [0.1, 0.15) is 0 Å². The largest absolute Gasteiger partial charge is 0.493 e. The first kappa shape index (κ1) is 9.21. The van der Waals surface area contributed by atoms with E-state index in [2.05, 4.69) is 26.0 Å². The molecule has 2 aromatic heterocycles. The smallest absolute Gasteiger partial charge is 0.157 e. The summed E-state index contributed by atoms with van der Waals surface area (Å²) in [5, 5.41) is 4.11. The Morgan fingerprint density at radius 1 is 1.43 bits per heavy atom. The lowest BCUT2D eigenvalue weighted by Gasteiger charge is -1.99. The van der Waals surface area contributed by atoms with Crippen molar-refractivity contribution >= 4 is 15.9 Å². The molecule has 0 aliphatic rings. The number of hydrogen-bond donors (Lipinski definition) is 0. The van der Waals surface area contributed by atoms with Crippen LogP contribution in [0.15, 0.2) is 35.2 Å². The van der Waals surface area contributed by atoms with Crippen LogP contribution in [0.5, 0.6) is 5.75 Å². The second-order valence-corrected chi connectivity index (χ2v) is 3.46. The highest BCUT2D eigenvalue weighted by molar-refractivity contribution is 9.10. The molecule has 0 amide bonds. The van der Waals surface area contributed by atoms with E-state index in [9.17, 15) is 0 Å².